The van der Waals surface area contributed by atoms with E-state index in [1.165, 1.54) is 11.3 Å². The Morgan fingerprint density at radius 3 is 2.40 bits per heavy atom. The molecule has 0 saturated heterocycles. The Morgan fingerprint density at radius 1 is 1.07 bits per heavy atom. The van der Waals surface area contributed by atoms with Crippen molar-refractivity contribution < 1.29 is 19.1 Å². The molecule has 0 radical (unpaired) electrons. The molecule has 0 aliphatic rings. The lowest BCUT2D eigenvalue weighted by Gasteiger charge is -2.26. The van der Waals surface area contributed by atoms with Crippen LogP contribution in [0.4, 0.5) is 5.69 Å². The van der Waals surface area contributed by atoms with Crippen LogP contribution in [0.3, 0.4) is 0 Å². The second kappa shape index (κ2) is 10.0. The third-order valence-corrected chi connectivity index (χ3v) is 5.33. The van der Waals surface area contributed by atoms with Crippen molar-refractivity contribution in [2.24, 2.45) is 0 Å². The molecule has 3 rings (SSSR count). The molecule has 156 valence electrons. The molecule has 1 amide bonds. The highest BCUT2D eigenvalue weighted by Gasteiger charge is 2.20. The van der Waals surface area contributed by atoms with Crippen LogP contribution in [0.15, 0.2) is 60.0 Å². The Bertz CT molecular complexity index is 984. The third-order valence-electron chi connectivity index (χ3n) is 4.39. The highest BCUT2D eigenvalue weighted by atomic mass is 32.1. The zero-order chi connectivity index (χ0) is 21.5. The zero-order valence-electron chi connectivity index (χ0n) is 17.2. The number of nitrogens with zero attached hydrogens (tertiary/aromatic N) is 2. The lowest BCUT2D eigenvalue weighted by atomic mass is 10.2. The van der Waals surface area contributed by atoms with Crippen LogP contribution < -0.4 is 9.64 Å². The molecule has 3 aromatic rings. The molecule has 6 nitrogen and oxygen atoms in total. The normalized spacial score (nSPS) is 10.7. The van der Waals surface area contributed by atoms with E-state index in [-0.39, 0.29) is 25.0 Å². The number of esters is 1. The molecule has 0 N–H and O–H groups in total. The van der Waals surface area contributed by atoms with E-state index in [4.69, 9.17) is 9.47 Å². The van der Waals surface area contributed by atoms with Crippen molar-refractivity contribution in [3.05, 3.63) is 65.7 Å². The molecule has 7 heteroatoms. The Kier molecular flexibility index (Phi) is 7.19. The van der Waals surface area contributed by atoms with Gasteiger partial charge in [-0.3, -0.25) is 9.59 Å². The van der Waals surface area contributed by atoms with Crippen LogP contribution in [0.1, 0.15) is 19.5 Å². The highest BCUT2D eigenvalue weighted by molar-refractivity contribution is 7.13. The Labute approximate surface area is 180 Å². The third kappa shape index (κ3) is 5.45. The average molecular weight is 425 g/mol. The second-order valence-corrected chi connectivity index (χ2v) is 7.76. The van der Waals surface area contributed by atoms with E-state index in [1.54, 1.807) is 12.0 Å². The van der Waals surface area contributed by atoms with Crippen molar-refractivity contribution >= 4 is 28.9 Å². The molecule has 0 atom stereocenters. The van der Waals surface area contributed by atoms with Crippen LogP contribution in [0.2, 0.25) is 0 Å². The highest BCUT2D eigenvalue weighted by Crippen LogP contribution is 2.26. The summed E-state index contributed by atoms with van der Waals surface area (Å²) in [5.41, 5.74) is 2.34. The maximum Gasteiger partial charge on any atom is 0.312 e. The summed E-state index contributed by atoms with van der Waals surface area (Å²) in [6, 6.07) is 16.9. The number of carbonyl (C=O) groups excluding carboxylic acids is 2. The summed E-state index contributed by atoms with van der Waals surface area (Å²) in [7, 11) is 1.62. The van der Waals surface area contributed by atoms with E-state index in [2.05, 4.69) is 4.98 Å². The van der Waals surface area contributed by atoms with Crippen LogP contribution in [0, 0.1) is 0 Å². The molecule has 30 heavy (non-hydrogen) atoms. The maximum atomic E-state index is 12.6. The van der Waals surface area contributed by atoms with Gasteiger partial charge in [0.2, 0.25) is 0 Å². The Hall–Kier alpha value is -3.19. The molecule has 0 saturated carbocycles. The summed E-state index contributed by atoms with van der Waals surface area (Å²) in [6.45, 7) is 3.53. The van der Waals surface area contributed by atoms with Gasteiger partial charge in [0.25, 0.3) is 5.91 Å². The fraction of sp³-hybridized carbons (Fsp3) is 0.261. The van der Waals surface area contributed by atoms with E-state index < -0.39 is 5.97 Å². The number of thiazole rings is 1. The van der Waals surface area contributed by atoms with Crippen molar-refractivity contribution in [2.75, 3.05) is 18.6 Å². The number of amides is 1. The van der Waals surface area contributed by atoms with E-state index in [0.29, 0.717) is 5.69 Å². The summed E-state index contributed by atoms with van der Waals surface area (Å²) >= 11 is 1.45. The van der Waals surface area contributed by atoms with E-state index in [0.717, 1.165) is 22.0 Å². The number of para-hydroxylation sites is 1. The van der Waals surface area contributed by atoms with Crippen molar-refractivity contribution in [3.8, 4) is 16.3 Å². The van der Waals surface area contributed by atoms with Gasteiger partial charge in [-0.15, -0.1) is 11.3 Å². The topological polar surface area (TPSA) is 68.7 Å². The summed E-state index contributed by atoms with van der Waals surface area (Å²) in [6.07, 6.45) is 0.0208. The molecular formula is C23H24N2O4S. The number of carbonyl (C=O) groups is 2. The molecular weight excluding hydrogens is 400 g/mol. The van der Waals surface area contributed by atoms with Crippen LogP contribution in [0.25, 0.3) is 10.6 Å². The van der Waals surface area contributed by atoms with Gasteiger partial charge in [-0.2, -0.15) is 0 Å². The minimum absolute atomic E-state index is 0.0208. The SMILES string of the molecule is COc1ccc(-c2nc(CC(=O)OCC(=O)N(c3ccccc3)C(C)C)cs2)cc1. The van der Waals surface area contributed by atoms with Gasteiger partial charge in [-0.05, 0) is 50.2 Å². The number of ether oxygens (including phenoxy) is 2. The summed E-state index contributed by atoms with van der Waals surface area (Å²) in [5, 5.41) is 2.64. The van der Waals surface area contributed by atoms with Gasteiger partial charge in [0.05, 0.1) is 19.2 Å². The van der Waals surface area contributed by atoms with Crippen molar-refractivity contribution in [1.82, 2.24) is 4.98 Å². The van der Waals surface area contributed by atoms with E-state index in [9.17, 15) is 9.59 Å². The largest absolute Gasteiger partial charge is 0.497 e. The van der Waals surface area contributed by atoms with Crippen molar-refractivity contribution in [2.45, 2.75) is 26.3 Å². The van der Waals surface area contributed by atoms with Crippen LogP contribution in [-0.2, 0) is 20.7 Å². The molecule has 0 unspecified atom stereocenters. The monoisotopic (exact) mass is 424 g/mol. The molecule has 1 heterocycles. The molecule has 0 aliphatic carbocycles. The van der Waals surface area contributed by atoms with Crippen LogP contribution in [-0.4, -0.2) is 36.6 Å². The molecule has 0 spiro atoms. The summed E-state index contributed by atoms with van der Waals surface area (Å²) < 4.78 is 10.4. The lowest BCUT2D eigenvalue weighted by Crippen LogP contribution is -2.40. The molecule has 0 aliphatic heterocycles. The zero-order valence-corrected chi connectivity index (χ0v) is 18.0. The second-order valence-electron chi connectivity index (χ2n) is 6.90. The number of methoxy groups -OCH3 is 1. The Balaban J connectivity index is 1.56. The van der Waals surface area contributed by atoms with Crippen LogP contribution in [0.5, 0.6) is 5.75 Å². The standard InChI is InChI=1S/C23H24N2O4S/c1-16(2)25(19-7-5-4-6-8-19)21(26)14-29-22(27)13-18-15-30-23(24-18)17-9-11-20(28-3)12-10-17/h4-12,15-16H,13-14H2,1-3H3. The molecule has 0 bridgehead atoms. The first-order valence-corrected chi connectivity index (χ1v) is 10.5. The predicted molar refractivity (Wildman–Crippen MR) is 118 cm³/mol. The lowest BCUT2D eigenvalue weighted by molar-refractivity contribution is -0.147. The van der Waals surface area contributed by atoms with Gasteiger partial charge in [0.1, 0.15) is 10.8 Å². The maximum absolute atomic E-state index is 12.6. The van der Waals surface area contributed by atoms with Gasteiger partial charge in [-0.1, -0.05) is 18.2 Å². The first kappa shape index (κ1) is 21.5. The van der Waals surface area contributed by atoms with E-state index in [1.807, 2.05) is 73.8 Å². The minimum Gasteiger partial charge on any atom is -0.497 e. The first-order valence-electron chi connectivity index (χ1n) is 9.59. The average Bonchev–Trinajstić information content (AvgIpc) is 3.21. The number of benzene rings is 2. The number of hydrogen-bond acceptors (Lipinski definition) is 6. The molecule has 1 aromatic heterocycles. The van der Waals surface area contributed by atoms with Gasteiger partial charge >= 0.3 is 5.97 Å². The smallest absolute Gasteiger partial charge is 0.312 e. The van der Waals surface area contributed by atoms with E-state index >= 15 is 0 Å². The molecule has 0 fully saturated rings. The fourth-order valence-electron chi connectivity index (χ4n) is 2.98. The quantitative estimate of drug-likeness (QED) is 0.503. The Morgan fingerprint density at radius 2 is 1.77 bits per heavy atom. The summed E-state index contributed by atoms with van der Waals surface area (Å²) in [5.74, 6) is 0.0307. The van der Waals surface area contributed by atoms with Crippen molar-refractivity contribution in [1.29, 1.82) is 0 Å². The van der Waals surface area contributed by atoms with Gasteiger partial charge in [0, 0.05) is 22.7 Å². The number of hydrogen-bond donors (Lipinski definition) is 0. The number of rotatable bonds is 8. The van der Waals surface area contributed by atoms with Gasteiger partial charge < -0.3 is 14.4 Å². The molecule has 2 aromatic carbocycles. The number of anilines is 1. The number of aromatic nitrogens is 1. The van der Waals surface area contributed by atoms with Crippen LogP contribution >= 0.6 is 11.3 Å². The fourth-order valence-corrected chi connectivity index (χ4v) is 3.81. The summed E-state index contributed by atoms with van der Waals surface area (Å²) in [4.78, 5) is 31.0. The van der Waals surface area contributed by atoms with Gasteiger partial charge in [0.15, 0.2) is 6.61 Å². The van der Waals surface area contributed by atoms with Crippen molar-refractivity contribution in [3.63, 3.8) is 0 Å². The minimum atomic E-state index is -0.480. The predicted octanol–water partition coefficient (Wildman–Crippen LogP) is 4.35. The first-order chi connectivity index (χ1) is 14.5. The van der Waals surface area contributed by atoms with Gasteiger partial charge in [-0.25, -0.2) is 4.98 Å².